The van der Waals surface area contributed by atoms with Crippen LogP contribution in [0, 0.1) is 17.6 Å². The van der Waals surface area contributed by atoms with E-state index in [4.69, 9.17) is 0 Å². The molecule has 1 saturated carbocycles. The van der Waals surface area contributed by atoms with E-state index in [0.29, 0.717) is 31.5 Å². The second-order valence-electron chi connectivity index (χ2n) is 5.34. The molecule has 2 unspecified atom stereocenters. The van der Waals surface area contributed by atoms with Crippen molar-refractivity contribution >= 4 is 5.91 Å². The number of hydrogen-bond donors (Lipinski definition) is 1. The molecule has 2 aliphatic rings. The van der Waals surface area contributed by atoms with Crippen molar-refractivity contribution in [3.63, 3.8) is 0 Å². The van der Waals surface area contributed by atoms with E-state index in [1.165, 1.54) is 12.1 Å². The first kappa shape index (κ1) is 12.5. The number of benzene rings is 1. The summed E-state index contributed by atoms with van der Waals surface area (Å²) in [6.45, 7) is 0.934. The molecule has 2 fully saturated rings. The van der Waals surface area contributed by atoms with Crippen LogP contribution in [0.1, 0.15) is 24.3 Å². The minimum Gasteiger partial charge on any atom is -0.391 e. The molecule has 1 aliphatic heterocycles. The summed E-state index contributed by atoms with van der Waals surface area (Å²) in [5.41, 5.74) is 0.416. The van der Waals surface area contributed by atoms with Crippen LogP contribution in [-0.2, 0) is 4.79 Å². The number of rotatable bonds is 2. The Bertz CT molecular complexity index is 520. The van der Waals surface area contributed by atoms with E-state index in [-0.39, 0.29) is 17.7 Å². The van der Waals surface area contributed by atoms with Crippen molar-refractivity contribution in [1.29, 1.82) is 0 Å². The molecular weight excluding hydrogens is 252 g/mol. The van der Waals surface area contributed by atoms with Crippen LogP contribution in [-0.4, -0.2) is 35.1 Å². The zero-order valence-corrected chi connectivity index (χ0v) is 10.4. The van der Waals surface area contributed by atoms with Crippen LogP contribution in [0.3, 0.4) is 0 Å². The normalized spacial score (nSPS) is 29.6. The molecule has 1 heterocycles. The number of halogens is 2. The summed E-state index contributed by atoms with van der Waals surface area (Å²) in [5, 5.41) is 9.41. The van der Waals surface area contributed by atoms with Gasteiger partial charge >= 0.3 is 0 Å². The average molecular weight is 267 g/mol. The number of carbonyl (C=O) groups is 1. The Hall–Kier alpha value is -1.49. The Balaban J connectivity index is 1.69. The topological polar surface area (TPSA) is 40.5 Å². The largest absolute Gasteiger partial charge is 0.391 e. The molecule has 1 N–H and O–H groups in total. The summed E-state index contributed by atoms with van der Waals surface area (Å²) in [4.78, 5) is 13.8. The molecule has 1 aromatic carbocycles. The molecule has 3 atom stereocenters. The Morgan fingerprint density at radius 3 is 2.79 bits per heavy atom. The fraction of sp³-hybridized carbons (Fsp3) is 0.500. The number of hydrogen-bond acceptors (Lipinski definition) is 2. The first-order valence-corrected chi connectivity index (χ1v) is 6.48. The monoisotopic (exact) mass is 267 g/mol. The van der Waals surface area contributed by atoms with E-state index in [9.17, 15) is 18.7 Å². The summed E-state index contributed by atoms with van der Waals surface area (Å²) in [7, 11) is 0. The molecule has 5 heteroatoms. The highest BCUT2D eigenvalue weighted by atomic mass is 19.1. The van der Waals surface area contributed by atoms with Gasteiger partial charge in [0.1, 0.15) is 11.6 Å². The smallest absolute Gasteiger partial charge is 0.226 e. The lowest BCUT2D eigenvalue weighted by atomic mass is 10.1. The quantitative estimate of drug-likeness (QED) is 0.885. The van der Waals surface area contributed by atoms with Crippen molar-refractivity contribution in [3.05, 3.63) is 35.4 Å². The maximum Gasteiger partial charge on any atom is 0.226 e. The fourth-order valence-electron chi connectivity index (χ4n) is 2.79. The molecule has 0 bridgehead atoms. The van der Waals surface area contributed by atoms with Crippen molar-refractivity contribution in [3.8, 4) is 0 Å². The number of aliphatic hydroxyl groups excluding tert-OH is 1. The predicted molar refractivity (Wildman–Crippen MR) is 64.4 cm³/mol. The molecule has 1 saturated heterocycles. The average Bonchev–Trinajstić information content (AvgIpc) is 3.02. The predicted octanol–water partition coefficient (Wildman–Crippen LogP) is 1.66. The molecule has 1 aliphatic carbocycles. The maximum atomic E-state index is 13.6. The van der Waals surface area contributed by atoms with Crippen LogP contribution < -0.4 is 0 Å². The van der Waals surface area contributed by atoms with Gasteiger partial charge in [0.05, 0.1) is 6.10 Å². The minimum atomic E-state index is -0.604. The third-order valence-corrected chi connectivity index (χ3v) is 3.94. The van der Waals surface area contributed by atoms with Crippen LogP contribution in [0.5, 0.6) is 0 Å². The zero-order chi connectivity index (χ0) is 13.6. The molecule has 1 aromatic rings. The highest BCUT2D eigenvalue weighted by molar-refractivity contribution is 5.83. The summed E-state index contributed by atoms with van der Waals surface area (Å²) in [5.74, 6) is -1.57. The number of amides is 1. The van der Waals surface area contributed by atoms with Crippen LogP contribution in [0.25, 0.3) is 0 Å². The van der Waals surface area contributed by atoms with Gasteiger partial charge in [-0.3, -0.25) is 4.79 Å². The Morgan fingerprint density at radius 1 is 1.37 bits per heavy atom. The Labute approximate surface area is 109 Å². The minimum absolute atomic E-state index is 0.0229. The van der Waals surface area contributed by atoms with Crippen molar-refractivity contribution in [2.24, 2.45) is 5.92 Å². The van der Waals surface area contributed by atoms with Gasteiger partial charge in [-0.1, -0.05) is 6.07 Å². The van der Waals surface area contributed by atoms with E-state index in [2.05, 4.69) is 0 Å². The Kier molecular flexibility index (Phi) is 3.01. The standard InChI is InChI=1S/C14H15F2NO2/c15-8-1-2-10(13(16)5-8)11-6-12(11)14(19)17-4-3-9(18)7-17/h1-2,5,9,11-12,18H,3-4,6-7H2/t9-,11?,12?/m1/s1. The molecule has 0 radical (unpaired) electrons. The van der Waals surface area contributed by atoms with E-state index < -0.39 is 17.7 Å². The van der Waals surface area contributed by atoms with Gasteiger partial charge in [0.25, 0.3) is 0 Å². The summed E-state index contributed by atoms with van der Waals surface area (Å²) < 4.78 is 26.4. The van der Waals surface area contributed by atoms with Crippen LogP contribution in [0.4, 0.5) is 8.78 Å². The summed E-state index contributed by atoms with van der Waals surface area (Å²) in [6, 6.07) is 3.49. The fourth-order valence-corrected chi connectivity index (χ4v) is 2.79. The van der Waals surface area contributed by atoms with Gasteiger partial charge in [-0.15, -0.1) is 0 Å². The first-order chi connectivity index (χ1) is 9.06. The number of likely N-dealkylation sites (tertiary alicyclic amines) is 1. The molecule has 3 nitrogen and oxygen atoms in total. The second kappa shape index (κ2) is 4.56. The molecule has 0 aromatic heterocycles. The third-order valence-electron chi connectivity index (χ3n) is 3.94. The van der Waals surface area contributed by atoms with Gasteiger partial charge in [0, 0.05) is 25.1 Å². The van der Waals surface area contributed by atoms with Crippen molar-refractivity contribution in [2.45, 2.75) is 24.9 Å². The van der Waals surface area contributed by atoms with Gasteiger partial charge in [-0.05, 0) is 30.4 Å². The lowest BCUT2D eigenvalue weighted by Crippen LogP contribution is -2.31. The van der Waals surface area contributed by atoms with E-state index >= 15 is 0 Å². The maximum absolute atomic E-state index is 13.6. The van der Waals surface area contributed by atoms with Gasteiger partial charge in [-0.25, -0.2) is 8.78 Å². The lowest BCUT2D eigenvalue weighted by molar-refractivity contribution is -0.131. The van der Waals surface area contributed by atoms with Gasteiger partial charge in [-0.2, -0.15) is 0 Å². The first-order valence-electron chi connectivity index (χ1n) is 6.48. The SMILES string of the molecule is O=C(C1CC1c1ccc(F)cc1F)N1CC[C@@H](O)C1. The molecule has 1 amide bonds. The van der Waals surface area contributed by atoms with Crippen molar-refractivity contribution < 1.29 is 18.7 Å². The van der Waals surface area contributed by atoms with Gasteiger partial charge in [0.2, 0.25) is 5.91 Å². The van der Waals surface area contributed by atoms with Crippen molar-refractivity contribution in [2.75, 3.05) is 13.1 Å². The van der Waals surface area contributed by atoms with Gasteiger partial charge < -0.3 is 10.0 Å². The van der Waals surface area contributed by atoms with Gasteiger partial charge in [0.15, 0.2) is 0 Å². The summed E-state index contributed by atoms with van der Waals surface area (Å²) >= 11 is 0. The molecular formula is C14H15F2NO2. The van der Waals surface area contributed by atoms with Crippen LogP contribution in [0.15, 0.2) is 18.2 Å². The third kappa shape index (κ3) is 2.34. The van der Waals surface area contributed by atoms with E-state index in [1.807, 2.05) is 0 Å². The van der Waals surface area contributed by atoms with E-state index in [1.54, 1.807) is 4.90 Å². The highest BCUT2D eigenvalue weighted by Crippen LogP contribution is 2.49. The number of nitrogens with zero attached hydrogens (tertiary/aromatic N) is 1. The Morgan fingerprint density at radius 2 is 2.16 bits per heavy atom. The van der Waals surface area contributed by atoms with Crippen molar-refractivity contribution in [1.82, 2.24) is 4.90 Å². The highest BCUT2D eigenvalue weighted by Gasteiger charge is 2.47. The van der Waals surface area contributed by atoms with Crippen LogP contribution >= 0.6 is 0 Å². The number of β-amino-alcohol motifs (C(OH)–C–C–N with tert-alkyl or cyclic N) is 1. The molecule has 102 valence electrons. The zero-order valence-electron chi connectivity index (χ0n) is 10.4. The molecule has 19 heavy (non-hydrogen) atoms. The lowest BCUT2D eigenvalue weighted by Gasteiger charge is -2.15. The summed E-state index contributed by atoms with van der Waals surface area (Å²) in [6.07, 6.45) is 0.769. The second-order valence-corrected chi connectivity index (χ2v) is 5.34. The number of aliphatic hydroxyl groups is 1. The number of carbonyl (C=O) groups excluding carboxylic acids is 1. The van der Waals surface area contributed by atoms with E-state index in [0.717, 1.165) is 6.07 Å². The molecule has 3 rings (SSSR count). The molecule has 0 spiro atoms. The van der Waals surface area contributed by atoms with Crippen LogP contribution in [0.2, 0.25) is 0 Å².